The topological polar surface area (TPSA) is 74.7 Å². The van der Waals surface area contributed by atoms with E-state index in [4.69, 9.17) is 0 Å². The Hall–Kier alpha value is -1.40. The van der Waals surface area contributed by atoms with Gasteiger partial charge in [0.25, 0.3) is 0 Å². The predicted molar refractivity (Wildman–Crippen MR) is 179 cm³/mol. The normalized spacial score (nSPS) is 37.9. The van der Waals surface area contributed by atoms with Crippen molar-refractivity contribution in [2.75, 3.05) is 19.3 Å². The summed E-state index contributed by atoms with van der Waals surface area (Å²) in [6, 6.07) is 7.01. The fourth-order valence-electron chi connectivity index (χ4n) is 11.2. The van der Waals surface area contributed by atoms with E-state index < -0.39 is 15.6 Å². The number of hydrogen-bond acceptors (Lipinski definition) is 4. The molecule has 0 radical (unpaired) electrons. The molecule has 1 N–H and O–H groups in total. The maximum atomic E-state index is 13.1. The molecule has 5 nitrogen and oxygen atoms in total. The molecule has 248 valence electrons. The number of sulfone groups is 1. The molecule has 4 saturated carbocycles. The second kappa shape index (κ2) is 12.3. The van der Waals surface area contributed by atoms with Crippen LogP contribution in [0, 0.1) is 52.3 Å². The maximum Gasteiger partial charge on any atom is 0.237 e. The summed E-state index contributed by atoms with van der Waals surface area (Å²) in [5, 5.41) is 10.6. The average Bonchev–Trinajstić information content (AvgIpc) is 3.32. The van der Waals surface area contributed by atoms with Gasteiger partial charge < -0.3 is 10.0 Å². The molecule has 0 saturated heterocycles. The zero-order chi connectivity index (χ0) is 32.2. The third-order valence-electron chi connectivity index (χ3n) is 13.8. The van der Waals surface area contributed by atoms with E-state index in [-0.39, 0.29) is 22.3 Å². The van der Waals surface area contributed by atoms with Crippen LogP contribution < -0.4 is 0 Å². The molecule has 0 bridgehead atoms. The second-order valence-corrected chi connectivity index (χ2v) is 19.2. The first-order valence-electron chi connectivity index (χ1n) is 17.8. The van der Waals surface area contributed by atoms with Crippen LogP contribution in [0.3, 0.4) is 0 Å². The lowest BCUT2D eigenvalue weighted by atomic mass is 9.42. The number of carbonyl (C=O) groups is 1. The summed E-state index contributed by atoms with van der Waals surface area (Å²) >= 11 is 0. The summed E-state index contributed by atoms with van der Waals surface area (Å²) in [6.45, 7) is 16.8. The molecule has 5 rings (SSSR count). The van der Waals surface area contributed by atoms with Crippen LogP contribution in [0.25, 0.3) is 0 Å². The van der Waals surface area contributed by atoms with Gasteiger partial charge in [0.05, 0.1) is 11.0 Å². The third-order valence-corrected chi connectivity index (χ3v) is 15.5. The lowest BCUT2D eigenvalue weighted by molar-refractivity contribution is -0.152. The van der Waals surface area contributed by atoms with Gasteiger partial charge >= 0.3 is 0 Å². The van der Waals surface area contributed by atoms with E-state index in [0.29, 0.717) is 35.1 Å². The molecular formula is C38H61NO4S. The number of nitrogens with zero attached hydrogens (tertiary/aromatic N) is 1. The highest BCUT2D eigenvalue weighted by Gasteiger charge is 2.62. The van der Waals surface area contributed by atoms with Crippen LogP contribution in [-0.2, 0) is 20.0 Å². The number of amides is 1. The predicted octanol–water partition coefficient (Wildman–Crippen LogP) is 7.90. The summed E-state index contributed by atoms with van der Waals surface area (Å²) in [5.41, 5.74) is 1.75. The van der Waals surface area contributed by atoms with Crippen molar-refractivity contribution in [3.05, 3.63) is 29.8 Å². The van der Waals surface area contributed by atoms with Crippen LogP contribution in [0.5, 0.6) is 0 Å². The molecule has 0 unspecified atom stereocenters. The van der Waals surface area contributed by atoms with Gasteiger partial charge in [-0.05, 0) is 133 Å². The van der Waals surface area contributed by atoms with E-state index >= 15 is 0 Å². The molecule has 1 aromatic carbocycles. The van der Waals surface area contributed by atoms with Gasteiger partial charge in [0.15, 0.2) is 9.84 Å². The Bertz CT molecular complexity index is 1280. The van der Waals surface area contributed by atoms with Crippen LogP contribution in [0.2, 0.25) is 0 Å². The van der Waals surface area contributed by atoms with Gasteiger partial charge in [-0.2, -0.15) is 0 Å². The molecule has 4 aliphatic carbocycles. The van der Waals surface area contributed by atoms with Gasteiger partial charge in [-0.15, -0.1) is 0 Å². The van der Waals surface area contributed by atoms with Crippen LogP contribution >= 0.6 is 0 Å². The lowest BCUT2D eigenvalue weighted by Gasteiger charge is -2.63. The van der Waals surface area contributed by atoms with Gasteiger partial charge in [-0.1, -0.05) is 67.0 Å². The Balaban J connectivity index is 1.20. The van der Waals surface area contributed by atoms with E-state index in [2.05, 4.69) is 48.5 Å². The van der Waals surface area contributed by atoms with Crippen molar-refractivity contribution in [1.29, 1.82) is 0 Å². The van der Waals surface area contributed by atoms with Crippen LogP contribution in [-0.4, -0.2) is 49.8 Å². The van der Waals surface area contributed by atoms with E-state index in [1.54, 1.807) is 24.1 Å². The molecule has 0 spiro atoms. The lowest BCUT2D eigenvalue weighted by Crippen LogP contribution is -2.56. The molecule has 4 fully saturated rings. The van der Waals surface area contributed by atoms with Crippen LogP contribution in [0.1, 0.15) is 118 Å². The summed E-state index contributed by atoms with van der Waals surface area (Å²) in [6.07, 6.45) is 11.8. The van der Waals surface area contributed by atoms with Gasteiger partial charge in [0.2, 0.25) is 5.91 Å². The van der Waals surface area contributed by atoms with E-state index in [1.807, 2.05) is 12.1 Å². The number of fused-ring (bicyclic) bond motifs is 5. The number of rotatable bonds is 8. The van der Waals surface area contributed by atoms with Crippen LogP contribution in [0.15, 0.2) is 29.2 Å². The SMILES string of the molecule is CC[C@H]1C[C@@H]2[C@H](CC[C@]3(C)[C@@H]([C@H](C)CCN(C)C(=O)CS(=O)(=O)c4ccc(C(C)(C)C)cc4)CC[C@@H]23)[C@@]2(C)CC[C@@H](O)C[C@@H]12. The quantitative estimate of drug-likeness (QED) is 0.318. The molecule has 44 heavy (non-hydrogen) atoms. The zero-order valence-corrected chi connectivity index (χ0v) is 29.8. The summed E-state index contributed by atoms with van der Waals surface area (Å²) in [5.74, 6) is 4.15. The van der Waals surface area contributed by atoms with Crippen molar-refractivity contribution < 1.29 is 18.3 Å². The molecule has 1 amide bonds. The summed E-state index contributed by atoms with van der Waals surface area (Å²) in [7, 11) is -1.92. The van der Waals surface area contributed by atoms with Crippen molar-refractivity contribution in [1.82, 2.24) is 4.90 Å². The first kappa shape index (κ1) is 33.9. The number of carbonyl (C=O) groups excluding carboxylic acids is 1. The van der Waals surface area contributed by atoms with E-state index in [0.717, 1.165) is 48.5 Å². The van der Waals surface area contributed by atoms with Gasteiger partial charge in [0, 0.05) is 13.6 Å². The Labute approximate surface area is 268 Å². The molecule has 4 aliphatic rings. The van der Waals surface area contributed by atoms with Gasteiger partial charge in [0.1, 0.15) is 5.75 Å². The summed E-state index contributed by atoms with van der Waals surface area (Å²) in [4.78, 5) is 15.0. The van der Waals surface area contributed by atoms with Gasteiger partial charge in [-0.3, -0.25) is 4.79 Å². The largest absolute Gasteiger partial charge is 0.393 e. The highest BCUT2D eigenvalue weighted by Crippen LogP contribution is 2.69. The highest BCUT2D eigenvalue weighted by atomic mass is 32.2. The third kappa shape index (κ3) is 6.17. The average molecular weight is 628 g/mol. The Morgan fingerprint density at radius 1 is 0.977 bits per heavy atom. The van der Waals surface area contributed by atoms with E-state index in [1.165, 1.54) is 44.9 Å². The molecule has 0 heterocycles. The molecule has 0 aromatic heterocycles. The Morgan fingerprint density at radius 2 is 1.61 bits per heavy atom. The van der Waals surface area contributed by atoms with Crippen molar-refractivity contribution in [2.24, 2.45) is 52.3 Å². The minimum Gasteiger partial charge on any atom is -0.393 e. The minimum absolute atomic E-state index is 0.0554. The number of benzene rings is 1. The molecule has 0 aliphatic heterocycles. The highest BCUT2D eigenvalue weighted by molar-refractivity contribution is 7.92. The number of aliphatic hydroxyl groups excluding tert-OH is 1. The van der Waals surface area contributed by atoms with Crippen LogP contribution in [0.4, 0.5) is 0 Å². The van der Waals surface area contributed by atoms with E-state index in [9.17, 15) is 18.3 Å². The molecule has 1 aromatic rings. The molecule has 10 atom stereocenters. The smallest absolute Gasteiger partial charge is 0.237 e. The first-order valence-corrected chi connectivity index (χ1v) is 19.4. The molecule has 6 heteroatoms. The van der Waals surface area contributed by atoms with Crippen molar-refractivity contribution in [2.45, 2.75) is 129 Å². The Kier molecular flexibility index (Phi) is 9.51. The Morgan fingerprint density at radius 3 is 2.25 bits per heavy atom. The number of hydrogen-bond donors (Lipinski definition) is 1. The zero-order valence-electron chi connectivity index (χ0n) is 28.9. The monoisotopic (exact) mass is 627 g/mol. The molecular weight excluding hydrogens is 566 g/mol. The second-order valence-electron chi connectivity index (χ2n) is 17.2. The fraction of sp³-hybridized carbons (Fsp3) is 0.816. The van der Waals surface area contributed by atoms with Gasteiger partial charge in [-0.25, -0.2) is 8.42 Å². The minimum atomic E-state index is -3.69. The van der Waals surface area contributed by atoms with Crippen molar-refractivity contribution >= 4 is 15.7 Å². The summed E-state index contributed by atoms with van der Waals surface area (Å²) < 4.78 is 26.2. The fourth-order valence-corrected chi connectivity index (χ4v) is 12.4. The maximum absolute atomic E-state index is 13.1. The first-order chi connectivity index (χ1) is 20.5. The number of aliphatic hydroxyl groups is 1. The van der Waals surface area contributed by atoms with Crippen molar-refractivity contribution in [3.63, 3.8) is 0 Å². The van der Waals surface area contributed by atoms with Crippen molar-refractivity contribution in [3.8, 4) is 0 Å². The standard InChI is InChI=1S/C38H61NO4S/c1-9-26-22-30-32-15-14-31(37(32,6)20-17-33(30)38(7)19-16-28(40)23-34(26)38)25(2)18-21-39(8)35(41)24-44(42,43)29-12-10-27(11-13-29)36(3,4)5/h10-13,25-26,28,30-34,40H,9,14-24H2,1-8H3/t25-,26+,28-,30+,31-,32+,33+,34+,37-,38-/m1/s1.